The van der Waals surface area contributed by atoms with Crippen molar-refractivity contribution in [1.29, 1.82) is 0 Å². The lowest BCUT2D eigenvalue weighted by Gasteiger charge is -2.41. The van der Waals surface area contributed by atoms with E-state index in [0.29, 0.717) is 6.61 Å². The minimum Gasteiger partial charge on any atom is -0.466 e. The SMILES string of the molecule is COC(=O)C1=C2CCOC2C2C1c1ccccc1C(OC)C2C. The van der Waals surface area contributed by atoms with Crippen LogP contribution in [0.4, 0.5) is 0 Å². The summed E-state index contributed by atoms with van der Waals surface area (Å²) in [5, 5.41) is 0. The Hall–Kier alpha value is -1.65. The van der Waals surface area contributed by atoms with Gasteiger partial charge < -0.3 is 14.2 Å². The molecule has 23 heavy (non-hydrogen) atoms. The Kier molecular flexibility index (Phi) is 3.54. The Morgan fingerprint density at radius 3 is 2.65 bits per heavy atom. The Labute approximate surface area is 136 Å². The zero-order valence-corrected chi connectivity index (χ0v) is 13.7. The molecule has 0 bridgehead atoms. The number of methoxy groups -OCH3 is 2. The summed E-state index contributed by atoms with van der Waals surface area (Å²) in [6.07, 6.45) is 0.888. The van der Waals surface area contributed by atoms with Crippen molar-refractivity contribution in [3.63, 3.8) is 0 Å². The van der Waals surface area contributed by atoms with Crippen LogP contribution in [0.1, 0.15) is 36.5 Å². The van der Waals surface area contributed by atoms with E-state index >= 15 is 0 Å². The molecule has 4 heteroatoms. The number of hydrogen-bond acceptors (Lipinski definition) is 4. The van der Waals surface area contributed by atoms with Crippen LogP contribution in [0.3, 0.4) is 0 Å². The molecule has 4 nitrogen and oxygen atoms in total. The second kappa shape index (κ2) is 5.46. The van der Waals surface area contributed by atoms with E-state index in [-0.39, 0.29) is 35.9 Å². The van der Waals surface area contributed by atoms with Gasteiger partial charge in [0.15, 0.2) is 0 Å². The number of fused-ring (bicyclic) bond motifs is 5. The minimum absolute atomic E-state index is 0.0232. The van der Waals surface area contributed by atoms with Gasteiger partial charge in [-0.3, -0.25) is 0 Å². The first-order valence-corrected chi connectivity index (χ1v) is 8.23. The van der Waals surface area contributed by atoms with Gasteiger partial charge in [-0.15, -0.1) is 0 Å². The lowest BCUT2D eigenvalue weighted by atomic mass is 9.67. The summed E-state index contributed by atoms with van der Waals surface area (Å²) in [6.45, 7) is 2.90. The van der Waals surface area contributed by atoms with Crippen LogP contribution in [0.5, 0.6) is 0 Å². The molecule has 1 fully saturated rings. The molecule has 0 N–H and O–H groups in total. The molecule has 1 aromatic carbocycles. The van der Waals surface area contributed by atoms with Crippen molar-refractivity contribution in [2.45, 2.75) is 31.5 Å². The quantitative estimate of drug-likeness (QED) is 0.787. The van der Waals surface area contributed by atoms with Crippen molar-refractivity contribution in [2.24, 2.45) is 11.8 Å². The van der Waals surface area contributed by atoms with Gasteiger partial charge >= 0.3 is 5.97 Å². The third-order valence-electron chi connectivity index (χ3n) is 5.79. The van der Waals surface area contributed by atoms with Gasteiger partial charge in [0.1, 0.15) is 0 Å². The first kappa shape index (κ1) is 14.9. The van der Waals surface area contributed by atoms with Crippen LogP contribution in [0, 0.1) is 11.8 Å². The molecule has 5 unspecified atom stereocenters. The zero-order valence-electron chi connectivity index (χ0n) is 13.7. The molecule has 1 saturated heterocycles. The number of esters is 1. The minimum atomic E-state index is -0.208. The fraction of sp³-hybridized carbons (Fsp3) is 0.526. The highest BCUT2D eigenvalue weighted by molar-refractivity contribution is 5.93. The number of hydrogen-bond donors (Lipinski definition) is 0. The number of carbonyl (C=O) groups is 1. The van der Waals surface area contributed by atoms with Crippen LogP contribution in [-0.2, 0) is 19.0 Å². The summed E-state index contributed by atoms with van der Waals surface area (Å²) in [7, 11) is 3.22. The van der Waals surface area contributed by atoms with E-state index in [9.17, 15) is 4.79 Å². The molecule has 2 aliphatic carbocycles. The van der Waals surface area contributed by atoms with Crippen LogP contribution in [0.15, 0.2) is 35.4 Å². The van der Waals surface area contributed by atoms with Crippen LogP contribution in [-0.4, -0.2) is 32.9 Å². The fourth-order valence-electron chi connectivity index (χ4n) is 4.93. The second-order valence-corrected chi connectivity index (χ2v) is 6.67. The molecule has 0 aromatic heterocycles. The van der Waals surface area contributed by atoms with E-state index in [0.717, 1.165) is 17.6 Å². The molecule has 122 valence electrons. The maximum Gasteiger partial charge on any atom is 0.334 e. The highest BCUT2D eigenvalue weighted by Crippen LogP contribution is 2.58. The van der Waals surface area contributed by atoms with Gasteiger partial charge in [0.2, 0.25) is 0 Å². The number of benzene rings is 1. The van der Waals surface area contributed by atoms with Crippen LogP contribution < -0.4 is 0 Å². The highest BCUT2D eigenvalue weighted by Gasteiger charge is 2.55. The fourth-order valence-corrected chi connectivity index (χ4v) is 4.93. The molecule has 5 atom stereocenters. The summed E-state index contributed by atoms with van der Waals surface area (Å²) in [6, 6.07) is 8.31. The molecule has 1 heterocycles. The lowest BCUT2D eigenvalue weighted by molar-refractivity contribution is -0.136. The molecule has 1 aromatic rings. The Bertz CT molecular complexity index is 678. The van der Waals surface area contributed by atoms with Crippen molar-refractivity contribution in [3.05, 3.63) is 46.5 Å². The third kappa shape index (κ3) is 1.95. The van der Waals surface area contributed by atoms with Crippen LogP contribution in [0.2, 0.25) is 0 Å². The third-order valence-corrected chi connectivity index (χ3v) is 5.79. The van der Waals surface area contributed by atoms with Gasteiger partial charge in [0.05, 0.1) is 25.9 Å². The highest BCUT2D eigenvalue weighted by atomic mass is 16.5. The van der Waals surface area contributed by atoms with E-state index < -0.39 is 0 Å². The van der Waals surface area contributed by atoms with Gasteiger partial charge in [-0.05, 0) is 29.0 Å². The number of ether oxygens (including phenoxy) is 3. The van der Waals surface area contributed by atoms with Crippen molar-refractivity contribution in [1.82, 2.24) is 0 Å². The van der Waals surface area contributed by atoms with Crippen LogP contribution in [0.25, 0.3) is 0 Å². The molecule has 0 saturated carbocycles. The molecular weight excluding hydrogens is 292 g/mol. The summed E-state index contributed by atoms with van der Waals surface area (Å²) >= 11 is 0. The zero-order chi connectivity index (χ0) is 16.1. The first-order chi connectivity index (χ1) is 11.2. The molecule has 3 aliphatic rings. The molecule has 0 radical (unpaired) electrons. The summed E-state index contributed by atoms with van der Waals surface area (Å²) in [5.41, 5.74) is 4.35. The normalized spacial score (nSPS) is 34.8. The van der Waals surface area contributed by atoms with E-state index in [1.165, 1.54) is 18.2 Å². The maximum atomic E-state index is 12.5. The van der Waals surface area contributed by atoms with Crippen molar-refractivity contribution in [3.8, 4) is 0 Å². The topological polar surface area (TPSA) is 44.8 Å². The smallest absolute Gasteiger partial charge is 0.334 e. The monoisotopic (exact) mass is 314 g/mol. The van der Waals surface area contributed by atoms with Gasteiger partial charge in [-0.25, -0.2) is 4.79 Å². The van der Waals surface area contributed by atoms with Gasteiger partial charge in [0, 0.05) is 24.5 Å². The first-order valence-electron chi connectivity index (χ1n) is 8.23. The predicted octanol–water partition coefficient (Wildman–Crippen LogP) is 3.00. The average Bonchev–Trinajstić information content (AvgIpc) is 3.14. The predicted molar refractivity (Wildman–Crippen MR) is 85.0 cm³/mol. The van der Waals surface area contributed by atoms with E-state index in [4.69, 9.17) is 14.2 Å². The van der Waals surface area contributed by atoms with E-state index in [1.54, 1.807) is 7.11 Å². The summed E-state index contributed by atoms with van der Waals surface area (Å²) in [5.74, 6) is 0.364. The van der Waals surface area contributed by atoms with Crippen molar-refractivity contribution < 1.29 is 19.0 Å². The van der Waals surface area contributed by atoms with Crippen molar-refractivity contribution in [2.75, 3.05) is 20.8 Å². The summed E-state index contributed by atoms with van der Waals surface area (Å²) in [4.78, 5) is 12.5. The second-order valence-electron chi connectivity index (χ2n) is 6.67. The largest absolute Gasteiger partial charge is 0.466 e. The average molecular weight is 314 g/mol. The van der Waals surface area contributed by atoms with Gasteiger partial charge in [-0.1, -0.05) is 31.2 Å². The Balaban J connectivity index is 1.92. The summed E-state index contributed by atoms with van der Waals surface area (Å²) < 4.78 is 17.0. The van der Waals surface area contributed by atoms with E-state index in [1.807, 2.05) is 12.1 Å². The molecule has 0 spiro atoms. The molecular formula is C19H22O4. The maximum absolute atomic E-state index is 12.5. The lowest BCUT2D eigenvalue weighted by Crippen LogP contribution is -2.37. The Morgan fingerprint density at radius 1 is 1.22 bits per heavy atom. The van der Waals surface area contributed by atoms with Gasteiger partial charge in [-0.2, -0.15) is 0 Å². The van der Waals surface area contributed by atoms with Crippen molar-refractivity contribution >= 4 is 5.97 Å². The van der Waals surface area contributed by atoms with Crippen LogP contribution >= 0.6 is 0 Å². The number of carbonyl (C=O) groups excluding carboxylic acids is 1. The van der Waals surface area contributed by atoms with E-state index in [2.05, 4.69) is 19.1 Å². The number of rotatable bonds is 2. The molecule has 4 rings (SSSR count). The molecule has 0 amide bonds. The molecule has 1 aliphatic heterocycles. The standard InChI is InChI=1S/C19H22O4/c1-10-14-15(11-6-4-5-7-12(11)17(10)21-2)16(19(20)22-3)13-8-9-23-18(13)14/h4-7,10,14-15,17-18H,8-9H2,1-3H3. The van der Waals surface area contributed by atoms with Gasteiger partial charge in [0.25, 0.3) is 0 Å². The Morgan fingerprint density at radius 2 is 1.96 bits per heavy atom.